The van der Waals surface area contributed by atoms with Gasteiger partial charge in [-0.1, -0.05) is 22.4 Å². The Hall–Kier alpha value is -0.410. The molecule has 88 valence electrons. The minimum atomic E-state index is -0.142. The molecule has 1 fully saturated rings. The first kappa shape index (κ1) is 12.1. The summed E-state index contributed by atoms with van der Waals surface area (Å²) in [5.74, 6) is -0.142. The van der Waals surface area contributed by atoms with Gasteiger partial charge in [0.15, 0.2) is 0 Å². The number of benzene rings is 1. The van der Waals surface area contributed by atoms with Crippen LogP contribution in [-0.2, 0) is 6.42 Å². The molecule has 0 amide bonds. The molecule has 0 spiro atoms. The standard InChI is InChI=1S/C13H17BrFN/c14-13-5-4-12(15)10-11(13)6-9-16-7-2-1-3-8-16/h4-5,10H,1-3,6-9H2. The lowest BCUT2D eigenvalue weighted by atomic mass is 10.1. The lowest BCUT2D eigenvalue weighted by Crippen LogP contribution is -2.31. The average Bonchev–Trinajstić information content (AvgIpc) is 2.32. The maximum absolute atomic E-state index is 13.1. The smallest absolute Gasteiger partial charge is 0.123 e. The quantitative estimate of drug-likeness (QED) is 0.820. The number of likely N-dealkylation sites (tertiary alicyclic amines) is 1. The lowest BCUT2D eigenvalue weighted by Gasteiger charge is -2.26. The Morgan fingerprint density at radius 2 is 1.94 bits per heavy atom. The third-order valence-electron chi connectivity index (χ3n) is 3.15. The van der Waals surface area contributed by atoms with Crippen LogP contribution in [-0.4, -0.2) is 24.5 Å². The molecule has 1 heterocycles. The van der Waals surface area contributed by atoms with E-state index in [1.165, 1.54) is 38.4 Å². The summed E-state index contributed by atoms with van der Waals surface area (Å²) < 4.78 is 14.1. The van der Waals surface area contributed by atoms with E-state index in [1.54, 1.807) is 12.1 Å². The van der Waals surface area contributed by atoms with Crippen molar-refractivity contribution >= 4 is 15.9 Å². The van der Waals surface area contributed by atoms with Gasteiger partial charge in [0.1, 0.15) is 5.82 Å². The zero-order valence-electron chi connectivity index (χ0n) is 9.38. The summed E-state index contributed by atoms with van der Waals surface area (Å²) in [6, 6.07) is 4.92. The van der Waals surface area contributed by atoms with Gasteiger partial charge in [0.05, 0.1) is 0 Å². The highest BCUT2D eigenvalue weighted by Gasteiger charge is 2.10. The molecule has 0 atom stereocenters. The number of rotatable bonds is 3. The van der Waals surface area contributed by atoms with Crippen molar-refractivity contribution in [1.29, 1.82) is 0 Å². The van der Waals surface area contributed by atoms with Gasteiger partial charge in [0.25, 0.3) is 0 Å². The largest absolute Gasteiger partial charge is 0.303 e. The zero-order chi connectivity index (χ0) is 11.4. The van der Waals surface area contributed by atoms with Crippen molar-refractivity contribution in [1.82, 2.24) is 4.90 Å². The summed E-state index contributed by atoms with van der Waals surface area (Å²) in [6.07, 6.45) is 4.91. The van der Waals surface area contributed by atoms with Gasteiger partial charge in [0.2, 0.25) is 0 Å². The molecule has 0 bridgehead atoms. The third-order valence-corrected chi connectivity index (χ3v) is 3.93. The van der Waals surface area contributed by atoms with E-state index < -0.39 is 0 Å². The highest BCUT2D eigenvalue weighted by Crippen LogP contribution is 2.19. The van der Waals surface area contributed by atoms with Crippen LogP contribution in [0.15, 0.2) is 22.7 Å². The Bertz CT molecular complexity index is 348. The van der Waals surface area contributed by atoms with Crippen LogP contribution in [0.1, 0.15) is 24.8 Å². The molecular formula is C13H17BrFN. The lowest BCUT2D eigenvalue weighted by molar-refractivity contribution is 0.231. The molecule has 0 saturated carbocycles. The Kier molecular flexibility index (Phi) is 4.36. The van der Waals surface area contributed by atoms with E-state index in [0.29, 0.717) is 0 Å². The fourth-order valence-electron chi connectivity index (χ4n) is 2.20. The van der Waals surface area contributed by atoms with Crippen LogP contribution >= 0.6 is 15.9 Å². The third kappa shape index (κ3) is 3.29. The molecule has 0 aromatic heterocycles. The van der Waals surface area contributed by atoms with Crippen LogP contribution in [0.5, 0.6) is 0 Å². The van der Waals surface area contributed by atoms with Gasteiger partial charge in [0, 0.05) is 11.0 Å². The van der Waals surface area contributed by atoms with Gasteiger partial charge in [-0.3, -0.25) is 0 Å². The molecule has 0 N–H and O–H groups in total. The van der Waals surface area contributed by atoms with Gasteiger partial charge in [-0.05, 0) is 56.1 Å². The SMILES string of the molecule is Fc1ccc(Br)c(CCN2CCCCC2)c1. The van der Waals surface area contributed by atoms with Gasteiger partial charge >= 0.3 is 0 Å². The first-order valence-electron chi connectivity index (χ1n) is 5.92. The predicted octanol–water partition coefficient (Wildman–Crippen LogP) is 3.62. The number of nitrogens with zero attached hydrogens (tertiary/aromatic N) is 1. The Labute approximate surface area is 105 Å². The van der Waals surface area contributed by atoms with E-state index in [1.807, 2.05) is 0 Å². The van der Waals surface area contributed by atoms with Gasteiger partial charge < -0.3 is 4.90 Å². The van der Waals surface area contributed by atoms with Crippen molar-refractivity contribution < 1.29 is 4.39 Å². The first-order chi connectivity index (χ1) is 7.75. The minimum Gasteiger partial charge on any atom is -0.303 e. The Balaban J connectivity index is 1.90. The highest BCUT2D eigenvalue weighted by molar-refractivity contribution is 9.10. The Morgan fingerprint density at radius 3 is 2.69 bits per heavy atom. The maximum atomic E-state index is 13.1. The Morgan fingerprint density at radius 1 is 1.19 bits per heavy atom. The number of hydrogen-bond acceptors (Lipinski definition) is 1. The molecule has 3 heteroatoms. The molecule has 1 aliphatic heterocycles. The number of piperidine rings is 1. The van der Waals surface area contributed by atoms with Crippen molar-refractivity contribution in [3.05, 3.63) is 34.1 Å². The molecule has 1 aromatic rings. The molecule has 1 saturated heterocycles. The number of halogens is 2. The molecule has 2 rings (SSSR count). The van der Waals surface area contributed by atoms with Crippen LogP contribution in [0.3, 0.4) is 0 Å². The molecule has 0 aliphatic carbocycles. The fraction of sp³-hybridized carbons (Fsp3) is 0.538. The van der Waals surface area contributed by atoms with Crippen LogP contribution in [0.4, 0.5) is 4.39 Å². The van der Waals surface area contributed by atoms with Gasteiger partial charge in [-0.2, -0.15) is 0 Å². The molecule has 0 radical (unpaired) electrons. The molecule has 16 heavy (non-hydrogen) atoms. The summed E-state index contributed by atoms with van der Waals surface area (Å²) in [6.45, 7) is 3.45. The summed E-state index contributed by atoms with van der Waals surface area (Å²) in [5.41, 5.74) is 1.07. The molecule has 1 aliphatic rings. The number of hydrogen-bond donors (Lipinski definition) is 0. The summed E-state index contributed by atoms with van der Waals surface area (Å²) in [4.78, 5) is 2.47. The molecule has 0 unspecified atom stereocenters. The van der Waals surface area contributed by atoms with Crippen LogP contribution in [0, 0.1) is 5.82 Å². The van der Waals surface area contributed by atoms with E-state index in [4.69, 9.17) is 0 Å². The topological polar surface area (TPSA) is 3.24 Å². The van der Waals surface area contributed by atoms with E-state index in [0.717, 1.165) is 23.0 Å². The second kappa shape index (κ2) is 5.78. The van der Waals surface area contributed by atoms with Crippen molar-refractivity contribution in [3.8, 4) is 0 Å². The molecule has 1 nitrogen and oxygen atoms in total. The van der Waals surface area contributed by atoms with Crippen molar-refractivity contribution in [2.75, 3.05) is 19.6 Å². The van der Waals surface area contributed by atoms with Crippen LogP contribution in [0.25, 0.3) is 0 Å². The highest BCUT2D eigenvalue weighted by atomic mass is 79.9. The summed E-state index contributed by atoms with van der Waals surface area (Å²) in [5, 5.41) is 0. The second-order valence-electron chi connectivity index (χ2n) is 4.39. The summed E-state index contributed by atoms with van der Waals surface area (Å²) >= 11 is 3.47. The van der Waals surface area contributed by atoms with E-state index in [2.05, 4.69) is 20.8 Å². The monoisotopic (exact) mass is 285 g/mol. The maximum Gasteiger partial charge on any atom is 0.123 e. The van der Waals surface area contributed by atoms with Gasteiger partial charge in [-0.15, -0.1) is 0 Å². The average molecular weight is 286 g/mol. The summed E-state index contributed by atoms with van der Waals surface area (Å²) in [7, 11) is 0. The van der Waals surface area contributed by atoms with E-state index >= 15 is 0 Å². The van der Waals surface area contributed by atoms with Crippen LogP contribution in [0.2, 0.25) is 0 Å². The molecule has 1 aromatic carbocycles. The molecular weight excluding hydrogens is 269 g/mol. The van der Waals surface area contributed by atoms with Crippen LogP contribution < -0.4 is 0 Å². The van der Waals surface area contributed by atoms with E-state index in [9.17, 15) is 4.39 Å². The zero-order valence-corrected chi connectivity index (χ0v) is 11.0. The fourth-order valence-corrected chi connectivity index (χ4v) is 2.64. The second-order valence-corrected chi connectivity index (χ2v) is 5.24. The minimum absolute atomic E-state index is 0.142. The van der Waals surface area contributed by atoms with Crippen molar-refractivity contribution in [3.63, 3.8) is 0 Å². The first-order valence-corrected chi connectivity index (χ1v) is 6.71. The van der Waals surface area contributed by atoms with Crippen molar-refractivity contribution in [2.24, 2.45) is 0 Å². The normalized spacial score (nSPS) is 17.6. The van der Waals surface area contributed by atoms with Gasteiger partial charge in [-0.25, -0.2) is 4.39 Å². The van der Waals surface area contributed by atoms with Crippen molar-refractivity contribution in [2.45, 2.75) is 25.7 Å². The van der Waals surface area contributed by atoms with E-state index in [-0.39, 0.29) is 5.82 Å². The predicted molar refractivity (Wildman–Crippen MR) is 68.1 cm³/mol.